The predicted molar refractivity (Wildman–Crippen MR) is 107 cm³/mol. The molecule has 1 saturated heterocycles. The summed E-state index contributed by atoms with van der Waals surface area (Å²) in [7, 11) is 0. The molecule has 1 aromatic carbocycles. The van der Waals surface area contributed by atoms with Crippen molar-refractivity contribution in [2.45, 2.75) is 20.4 Å². The van der Waals surface area contributed by atoms with Crippen LogP contribution in [0.25, 0.3) is 5.69 Å². The molecule has 0 bridgehead atoms. The zero-order chi connectivity index (χ0) is 17.9. The Labute approximate surface area is 155 Å². The second-order valence-electron chi connectivity index (χ2n) is 7.06. The van der Waals surface area contributed by atoms with Gasteiger partial charge in [0.05, 0.1) is 11.9 Å². The number of benzene rings is 1. The average Bonchev–Trinajstić information content (AvgIpc) is 3.14. The molecule has 4 rings (SSSR count). The normalized spacial score (nSPS) is 15.4. The van der Waals surface area contributed by atoms with E-state index in [-0.39, 0.29) is 0 Å². The van der Waals surface area contributed by atoms with Crippen LogP contribution in [0, 0.1) is 13.8 Å². The van der Waals surface area contributed by atoms with Crippen LogP contribution in [0.5, 0.6) is 0 Å². The number of nitrogens with zero attached hydrogens (tertiary/aromatic N) is 4. The molecule has 0 unspecified atom stereocenters. The lowest BCUT2D eigenvalue weighted by Crippen LogP contribution is -2.46. The monoisotopic (exact) mass is 346 g/mol. The van der Waals surface area contributed by atoms with Gasteiger partial charge in [-0.25, -0.2) is 0 Å². The van der Waals surface area contributed by atoms with Crippen molar-refractivity contribution in [1.29, 1.82) is 0 Å². The minimum atomic E-state index is 0.975. The summed E-state index contributed by atoms with van der Waals surface area (Å²) in [5.74, 6) is 0. The Morgan fingerprint density at radius 1 is 0.923 bits per heavy atom. The topological polar surface area (TPSA) is 24.3 Å². The number of pyridine rings is 1. The largest absolute Gasteiger partial charge is 0.369 e. The molecule has 3 heterocycles. The molecule has 0 atom stereocenters. The van der Waals surface area contributed by atoms with E-state index in [1.165, 1.54) is 22.5 Å². The molecule has 3 aromatic rings. The fraction of sp³-hybridized carbons (Fsp3) is 0.318. The van der Waals surface area contributed by atoms with Crippen LogP contribution in [0.15, 0.2) is 61.1 Å². The van der Waals surface area contributed by atoms with Gasteiger partial charge in [0.1, 0.15) is 0 Å². The molecule has 1 aliphatic heterocycles. The van der Waals surface area contributed by atoms with E-state index < -0.39 is 0 Å². The molecule has 2 aromatic heterocycles. The van der Waals surface area contributed by atoms with E-state index in [4.69, 9.17) is 0 Å². The van der Waals surface area contributed by atoms with Gasteiger partial charge < -0.3 is 9.47 Å². The summed E-state index contributed by atoms with van der Waals surface area (Å²) in [5.41, 5.74) is 6.62. The predicted octanol–water partition coefficient (Wildman–Crippen LogP) is 3.81. The van der Waals surface area contributed by atoms with Gasteiger partial charge in [0, 0.05) is 56.5 Å². The number of hydrogen-bond acceptors (Lipinski definition) is 3. The number of rotatable bonds is 4. The highest BCUT2D eigenvalue weighted by atomic mass is 15.3. The van der Waals surface area contributed by atoms with Gasteiger partial charge in [-0.2, -0.15) is 0 Å². The smallest absolute Gasteiger partial charge is 0.0636 e. The first-order valence-electron chi connectivity index (χ1n) is 9.32. The molecule has 26 heavy (non-hydrogen) atoms. The minimum absolute atomic E-state index is 0.975. The Bertz CT molecular complexity index is 861. The molecule has 0 amide bonds. The zero-order valence-electron chi connectivity index (χ0n) is 15.6. The van der Waals surface area contributed by atoms with E-state index >= 15 is 0 Å². The van der Waals surface area contributed by atoms with Crippen molar-refractivity contribution < 1.29 is 0 Å². The Kier molecular flexibility index (Phi) is 4.76. The molecular weight excluding hydrogens is 320 g/mol. The van der Waals surface area contributed by atoms with Crippen molar-refractivity contribution in [2.75, 3.05) is 31.1 Å². The SMILES string of the molecule is Cc1cccc(N2CCN(Cc3cccn3-c3cccnc3)CC2)c1C. The maximum Gasteiger partial charge on any atom is 0.0636 e. The summed E-state index contributed by atoms with van der Waals surface area (Å²) in [6, 6.07) is 15.0. The van der Waals surface area contributed by atoms with Crippen LogP contribution in [0.2, 0.25) is 0 Å². The van der Waals surface area contributed by atoms with Gasteiger partial charge in [0.25, 0.3) is 0 Å². The molecule has 0 spiro atoms. The quantitative estimate of drug-likeness (QED) is 0.718. The molecule has 0 radical (unpaired) electrons. The van der Waals surface area contributed by atoms with Crippen molar-refractivity contribution in [1.82, 2.24) is 14.5 Å². The van der Waals surface area contributed by atoms with Gasteiger partial charge in [0.2, 0.25) is 0 Å². The number of hydrogen-bond donors (Lipinski definition) is 0. The Balaban J connectivity index is 1.42. The van der Waals surface area contributed by atoms with Crippen molar-refractivity contribution in [3.8, 4) is 5.69 Å². The fourth-order valence-corrected chi connectivity index (χ4v) is 3.75. The standard InChI is InChI=1S/C22H26N4/c1-18-6-3-9-22(19(18)2)25-14-12-24(13-15-25)17-21-8-5-11-26(21)20-7-4-10-23-16-20/h3-11,16H,12-15,17H2,1-2H3. The summed E-state index contributed by atoms with van der Waals surface area (Å²) in [6.07, 6.45) is 5.86. The maximum absolute atomic E-state index is 4.25. The summed E-state index contributed by atoms with van der Waals surface area (Å²) >= 11 is 0. The zero-order valence-corrected chi connectivity index (χ0v) is 15.6. The van der Waals surface area contributed by atoms with E-state index in [0.717, 1.165) is 38.4 Å². The van der Waals surface area contributed by atoms with E-state index in [1.54, 1.807) is 0 Å². The number of aromatic nitrogens is 2. The van der Waals surface area contributed by atoms with Gasteiger partial charge >= 0.3 is 0 Å². The average molecular weight is 346 g/mol. The van der Waals surface area contributed by atoms with Gasteiger partial charge in [-0.1, -0.05) is 12.1 Å². The van der Waals surface area contributed by atoms with Crippen LogP contribution in [-0.4, -0.2) is 40.6 Å². The highest BCUT2D eigenvalue weighted by Crippen LogP contribution is 2.24. The lowest BCUT2D eigenvalue weighted by molar-refractivity contribution is 0.246. The van der Waals surface area contributed by atoms with Crippen LogP contribution in [0.3, 0.4) is 0 Å². The van der Waals surface area contributed by atoms with Crippen LogP contribution in [0.1, 0.15) is 16.8 Å². The van der Waals surface area contributed by atoms with Crippen molar-refractivity contribution in [3.05, 3.63) is 77.9 Å². The number of aryl methyl sites for hydroxylation is 1. The summed E-state index contributed by atoms with van der Waals surface area (Å²) in [5, 5.41) is 0. The first-order chi connectivity index (χ1) is 12.7. The Morgan fingerprint density at radius 3 is 2.54 bits per heavy atom. The molecule has 0 N–H and O–H groups in total. The highest BCUT2D eigenvalue weighted by molar-refractivity contribution is 5.56. The second kappa shape index (κ2) is 7.34. The molecule has 4 nitrogen and oxygen atoms in total. The highest BCUT2D eigenvalue weighted by Gasteiger charge is 2.19. The summed E-state index contributed by atoms with van der Waals surface area (Å²) in [4.78, 5) is 9.32. The van der Waals surface area contributed by atoms with Gasteiger partial charge in [-0.05, 0) is 55.3 Å². The Hall–Kier alpha value is -2.59. The first-order valence-corrected chi connectivity index (χ1v) is 9.32. The van der Waals surface area contributed by atoms with E-state index in [2.05, 4.69) is 75.8 Å². The van der Waals surface area contributed by atoms with Crippen molar-refractivity contribution in [2.24, 2.45) is 0 Å². The number of anilines is 1. The van der Waals surface area contributed by atoms with E-state index in [9.17, 15) is 0 Å². The Morgan fingerprint density at radius 2 is 1.77 bits per heavy atom. The summed E-state index contributed by atoms with van der Waals surface area (Å²) < 4.78 is 2.24. The third-order valence-corrected chi connectivity index (χ3v) is 5.43. The van der Waals surface area contributed by atoms with Gasteiger partial charge in [-0.3, -0.25) is 9.88 Å². The number of piperazine rings is 1. The lowest BCUT2D eigenvalue weighted by atomic mass is 10.1. The third kappa shape index (κ3) is 3.37. The maximum atomic E-state index is 4.25. The van der Waals surface area contributed by atoms with Crippen LogP contribution in [-0.2, 0) is 6.54 Å². The van der Waals surface area contributed by atoms with Gasteiger partial charge in [-0.15, -0.1) is 0 Å². The van der Waals surface area contributed by atoms with Gasteiger partial charge in [0.15, 0.2) is 0 Å². The third-order valence-electron chi connectivity index (χ3n) is 5.43. The lowest BCUT2D eigenvalue weighted by Gasteiger charge is -2.37. The fourth-order valence-electron chi connectivity index (χ4n) is 3.75. The molecule has 0 aliphatic carbocycles. The van der Waals surface area contributed by atoms with Crippen LogP contribution in [0.4, 0.5) is 5.69 Å². The van der Waals surface area contributed by atoms with Crippen LogP contribution < -0.4 is 4.90 Å². The molecule has 0 saturated carbocycles. The minimum Gasteiger partial charge on any atom is -0.369 e. The molecule has 1 aliphatic rings. The first kappa shape index (κ1) is 16.9. The second-order valence-corrected chi connectivity index (χ2v) is 7.06. The molecule has 4 heteroatoms. The molecule has 134 valence electrons. The molecule has 1 fully saturated rings. The molecular formula is C22H26N4. The van der Waals surface area contributed by atoms with E-state index in [0.29, 0.717) is 0 Å². The summed E-state index contributed by atoms with van der Waals surface area (Å²) in [6.45, 7) is 9.75. The van der Waals surface area contributed by atoms with Crippen molar-refractivity contribution in [3.63, 3.8) is 0 Å². The van der Waals surface area contributed by atoms with Crippen LogP contribution >= 0.6 is 0 Å². The van der Waals surface area contributed by atoms with E-state index in [1.807, 2.05) is 18.5 Å². The van der Waals surface area contributed by atoms with Crippen molar-refractivity contribution >= 4 is 5.69 Å².